The molecular weight excluding hydrogens is 200 g/mol. The lowest BCUT2D eigenvalue weighted by Crippen LogP contribution is -2.59. The minimum atomic E-state index is 0.319. The third-order valence-electron chi connectivity index (χ3n) is 3.55. The third-order valence-corrected chi connectivity index (χ3v) is 3.55. The van der Waals surface area contributed by atoms with Crippen molar-refractivity contribution in [1.29, 1.82) is 0 Å². The van der Waals surface area contributed by atoms with E-state index in [1.165, 1.54) is 6.42 Å². The summed E-state index contributed by atoms with van der Waals surface area (Å²) >= 11 is 0. The van der Waals surface area contributed by atoms with E-state index in [0.29, 0.717) is 11.5 Å². The summed E-state index contributed by atoms with van der Waals surface area (Å²) in [5.41, 5.74) is 0.319. The second-order valence-electron chi connectivity index (χ2n) is 5.48. The van der Waals surface area contributed by atoms with Crippen molar-refractivity contribution < 1.29 is 4.74 Å². The van der Waals surface area contributed by atoms with Crippen molar-refractivity contribution in [3.05, 3.63) is 0 Å². The standard InChI is InChI=1S/C13H28N2O/c1-5-13(4)11-14-6-7-15(13)8-9-16-10-12(2)3/h12,14H,5-11H2,1-4H3. The zero-order valence-corrected chi connectivity index (χ0v) is 11.4. The largest absolute Gasteiger partial charge is 0.380 e. The molecule has 0 amide bonds. The Kier molecular flexibility index (Phi) is 5.73. The van der Waals surface area contributed by atoms with Crippen molar-refractivity contribution in [1.82, 2.24) is 10.2 Å². The van der Waals surface area contributed by atoms with Crippen LogP contribution in [0.3, 0.4) is 0 Å². The first-order chi connectivity index (χ1) is 7.58. The molecule has 0 aromatic heterocycles. The summed E-state index contributed by atoms with van der Waals surface area (Å²) in [7, 11) is 0. The first kappa shape index (κ1) is 13.9. The van der Waals surface area contributed by atoms with E-state index in [9.17, 15) is 0 Å². The Labute approximate surface area is 101 Å². The molecular formula is C13H28N2O. The highest BCUT2D eigenvalue weighted by molar-refractivity contribution is 4.91. The van der Waals surface area contributed by atoms with Gasteiger partial charge in [0.25, 0.3) is 0 Å². The maximum Gasteiger partial charge on any atom is 0.0593 e. The number of hydrogen-bond donors (Lipinski definition) is 1. The summed E-state index contributed by atoms with van der Waals surface area (Å²) in [5.74, 6) is 0.639. The molecule has 0 aromatic rings. The number of piperazine rings is 1. The molecule has 0 radical (unpaired) electrons. The Morgan fingerprint density at radius 2 is 2.19 bits per heavy atom. The fraction of sp³-hybridized carbons (Fsp3) is 1.00. The molecule has 1 heterocycles. The van der Waals surface area contributed by atoms with Gasteiger partial charge in [0.05, 0.1) is 6.61 Å². The molecule has 1 atom stereocenters. The minimum absolute atomic E-state index is 0.319. The molecule has 16 heavy (non-hydrogen) atoms. The zero-order chi connectivity index (χ0) is 12.0. The second kappa shape index (κ2) is 6.58. The van der Waals surface area contributed by atoms with Crippen LogP contribution in [-0.4, -0.2) is 49.8 Å². The van der Waals surface area contributed by atoms with Gasteiger partial charge in [0.1, 0.15) is 0 Å². The molecule has 0 spiro atoms. The van der Waals surface area contributed by atoms with Crippen molar-refractivity contribution >= 4 is 0 Å². The van der Waals surface area contributed by atoms with Gasteiger partial charge in [-0.2, -0.15) is 0 Å². The molecule has 1 aliphatic heterocycles. The maximum atomic E-state index is 5.67. The number of nitrogens with zero attached hydrogens (tertiary/aromatic N) is 1. The monoisotopic (exact) mass is 228 g/mol. The van der Waals surface area contributed by atoms with Crippen LogP contribution in [0, 0.1) is 5.92 Å². The highest BCUT2D eigenvalue weighted by Crippen LogP contribution is 2.20. The lowest BCUT2D eigenvalue weighted by Gasteiger charge is -2.44. The summed E-state index contributed by atoms with van der Waals surface area (Å²) < 4.78 is 5.67. The average molecular weight is 228 g/mol. The van der Waals surface area contributed by atoms with Crippen LogP contribution in [0.1, 0.15) is 34.1 Å². The lowest BCUT2D eigenvalue weighted by molar-refractivity contribution is 0.0258. The van der Waals surface area contributed by atoms with E-state index in [2.05, 4.69) is 37.9 Å². The normalized spacial score (nSPS) is 27.6. The lowest BCUT2D eigenvalue weighted by atomic mass is 9.94. The van der Waals surface area contributed by atoms with E-state index >= 15 is 0 Å². The predicted molar refractivity (Wildman–Crippen MR) is 68.8 cm³/mol. The SMILES string of the molecule is CCC1(C)CNCCN1CCOCC(C)C. The molecule has 3 heteroatoms. The molecule has 0 aliphatic carbocycles. The Morgan fingerprint density at radius 1 is 1.44 bits per heavy atom. The molecule has 96 valence electrons. The van der Waals surface area contributed by atoms with Crippen molar-refractivity contribution in [3.63, 3.8) is 0 Å². The first-order valence-corrected chi connectivity index (χ1v) is 6.62. The van der Waals surface area contributed by atoms with Crippen LogP contribution in [0.4, 0.5) is 0 Å². The molecule has 1 rings (SSSR count). The smallest absolute Gasteiger partial charge is 0.0593 e. The van der Waals surface area contributed by atoms with Crippen LogP contribution in [0.2, 0.25) is 0 Å². The summed E-state index contributed by atoms with van der Waals surface area (Å²) in [4.78, 5) is 2.57. The Balaban J connectivity index is 2.28. The third kappa shape index (κ3) is 4.04. The van der Waals surface area contributed by atoms with Crippen LogP contribution in [0.25, 0.3) is 0 Å². The second-order valence-corrected chi connectivity index (χ2v) is 5.48. The van der Waals surface area contributed by atoms with Gasteiger partial charge < -0.3 is 10.1 Å². The number of nitrogens with one attached hydrogen (secondary N) is 1. The highest BCUT2D eigenvalue weighted by Gasteiger charge is 2.31. The Morgan fingerprint density at radius 3 is 2.81 bits per heavy atom. The summed E-state index contributed by atoms with van der Waals surface area (Å²) in [6.45, 7) is 15.2. The van der Waals surface area contributed by atoms with Crippen LogP contribution >= 0.6 is 0 Å². The highest BCUT2D eigenvalue weighted by atomic mass is 16.5. The Bertz CT molecular complexity index is 196. The van der Waals surface area contributed by atoms with Crippen molar-refractivity contribution in [2.75, 3.05) is 39.4 Å². The number of rotatable bonds is 6. The van der Waals surface area contributed by atoms with Crippen LogP contribution in [0.15, 0.2) is 0 Å². The molecule has 1 unspecified atom stereocenters. The van der Waals surface area contributed by atoms with E-state index in [0.717, 1.165) is 39.4 Å². The fourth-order valence-corrected chi connectivity index (χ4v) is 2.18. The Hall–Kier alpha value is -0.120. The van der Waals surface area contributed by atoms with E-state index in [1.807, 2.05) is 0 Å². The van der Waals surface area contributed by atoms with E-state index in [4.69, 9.17) is 4.74 Å². The van der Waals surface area contributed by atoms with Crippen LogP contribution in [0.5, 0.6) is 0 Å². The molecule has 3 nitrogen and oxygen atoms in total. The molecule has 0 saturated carbocycles. The molecule has 0 bridgehead atoms. The van der Waals surface area contributed by atoms with Gasteiger partial charge in [-0.3, -0.25) is 4.90 Å². The quantitative estimate of drug-likeness (QED) is 0.701. The van der Waals surface area contributed by atoms with Crippen molar-refractivity contribution in [2.24, 2.45) is 5.92 Å². The van der Waals surface area contributed by atoms with Gasteiger partial charge in [0.15, 0.2) is 0 Å². The van der Waals surface area contributed by atoms with Gasteiger partial charge >= 0.3 is 0 Å². The maximum absolute atomic E-state index is 5.67. The van der Waals surface area contributed by atoms with Gasteiger partial charge in [-0.05, 0) is 19.3 Å². The van der Waals surface area contributed by atoms with Crippen LogP contribution < -0.4 is 5.32 Å². The van der Waals surface area contributed by atoms with Crippen molar-refractivity contribution in [3.8, 4) is 0 Å². The molecule has 1 aliphatic rings. The first-order valence-electron chi connectivity index (χ1n) is 6.62. The molecule has 0 aromatic carbocycles. The molecule has 1 saturated heterocycles. The van der Waals surface area contributed by atoms with E-state index < -0.39 is 0 Å². The van der Waals surface area contributed by atoms with E-state index in [-0.39, 0.29) is 0 Å². The minimum Gasteiger partial charge on any atom is -0.380 e. The number of ether oxygens (including phenoxy) is 1. The molecule has 1 N–H and O–H groups in total. The predicted octanol–water partition coefficient (Wildman–Crippen LogP) is 1.73. The van der Waals surface area contributed by atoms with Crippen LogP contribution in [-0.2, 0) is 4.74 Å². The fourth-order valence-electron chi connectivity index (χ4n) is 2.18. The van der Waals surface area contributed by atoms with E-state index in [1.54, 1.807) is 0 Å². The average Bonchev–Trinajstić information content (AvgIpc) is 2.26. The molecule has 1 fully saturated rings. The van der Waals surface area contributed by atoms with Crippen molar-refractivity contribution in [2.45, 2.75) is 39.7 Å². The zero-order valence-electron chi connectivity index (χ0n) is 11.4. The summed E-state index contributed by atoms with van der Waals surface area (Å²) in [6.07, 6.45) is 1.20. The van der Waals surface area contributed by atoms with Gasteiger partial charge in [0.2, 0.25) is 0 Å². The van der Waals surface area contributed by atoms with Gasteiger partial charge in [-0.25, -0.2) is 0 Å². The van der Waals surface area contributed by atoms with Gasteiger partial charge in [-0.1, -0.05) is 20.8 Å². The number of hydrogen-bond acceptors (Lipinski definition) is 3. The summed E-state index contributed by atoms with van der Waals surface area (Å²) in [6, 6.07) is 0. The topological polar surface area (TPSA) is 24.5 Å². The summed E-state index contributed by atoms with van der Waals surface area (Å²) in [5, 5.41) is 3.48. The van der Waals surface area contributed by atoms with Gasteiger partial charge in [0, 0.05) is 38.3 Å². The van der Waals surface area contributed by atoms with Gasteiger partial charge in [-0.15, -0.1) is 0 Å².